The van der Waals surface area contributed by atoms with E-state index in [9.17, 15) is 14.4 Å². The summed E-state index contributed by atoms with van der Waals surface area (Å²) in [7, 11) is 0. The maximum Gasteiger partial charge on any atom is 0.303 e. The second kappa shape index (κ2) is 5.97. The zero-order chi connectivity index (χ0) is 12.8. The van der Waals surface area contributed by atoms with E-state index in [1.54, 1.807) is 0 Å². The SMILES string of the molecule is CC(=O)OC[C@@H](OC=O)[C@@H](OC(C)=O)C1=NC1. The van der Waals surface area contributed by atoms with Crippen molar-refractivity contribution in [3.05, 3.63) is 0 Å². The van der Waals surface area contributed by atoms with Gasteiger partial charge < -0.3 is 14.2 Å². The van der Waals surface area contributed by atoms with E-state index in [-0.39, 0.29) is 13.1 Å². The van der Waals surface area contributed by atoms with Crippen LogP contribution in [0.25, 0.3) is 0 Å². The fraction of sp³-hybridized carbons (Fsp3) is 0.600. The third-order valence-corrected chi connectivity index (χ3v) is 1.98. The molecule has 0 saturated heterocycles. The second-order valence-electron chi connectivity index (χ2n) is 3.41. The van der Waals surface area contributed by atoms with Gasteiger partial charge in [-0.15, -0.1) is 0 Å². The van der Waals surface area contributed by atoms with Gasteiger partial charge in [-0.05, 0) is 0 Å². The first-order chi connectivity index (χ1) is 8.04. The van der Waals surface area contributed by atoms with E-state index in [2.05, 4.69) is 4.99 Å². The molecule has 0 aromatic heterocycles. The fourth-order valence-corrected chi connectivity index (χ4v) is 1.23. The van der Waals surface area contributed by atoms with Gasteiger partial charge in [-0.3, -0.25) is 19.4 Å². The summed E-state index contributed by atoms with van der Waals surface area (Å²) in [4.78, 5) is 35.8. The number of hydrogen-bond acceptors (Lipinski definition) is 7. The molecule has 0 N–H and O–H groups in total. The van der Waals surface area contributed by atoms with Crippen LogP contribution >= 0.6 is 0 Å². The van der Waals surface area contributed by atoms with Crippen molar-refractivity contribution in [3.63, 3.8) is 0 Å². The first-order valence-corrected chi connectivity index (χ1v) is 4.97. The maximum absolute atomic E-state index is 10.9. The topological polar surface area (TPSA) is 91.3 Å². The van der Waals surface area contributed by atoms with Gasteiger partial charge in [0.1, 0.15) is 6.61 Å². The van der Waals surface area contributed by atoms with Crippen LogP contribution in [0.4, 0.5) is 0 Å². The van der Waals surface area contributed by atoms with Crippen molar-refractivity contribution < 1.29 is 28.6 Å². The zero-order valence-corrected chi connectivity index (χ0v) is 9.54. The summed E-state index contributed by atoms with van der Waals surface area (Å²) in [5, 5.41) is 0. The van der Waals surface area contributed by atoms with Crippen molar-refractivity contribution in [1.29, 1.82) is 0 Å². The summed E-state index contributed by atoms with van der Waals surface area (Å²) < 4.78 is 14.4. The molecule has 94 valence electrons. The van der Waals surface area contributed by atoms with Crippen LogP contribution in [0.3, 0.4) is 0 Å². The smallest absolute Gasteiger partial charge is 0.303 e. The molecule has 7 heteroatoms. The lowest BCUT2D eigenvalue weighted by atomic mass is 10.1. The molecular formula is C10H13NO6. The highest BCUT2D eigenvalue weighted by atomic mass is 16.6. The Hall–Kier alpha value is -1.92. The molecule has 1 aliphatic heterocycles. The Balaban J connectivity index is 2.62. The summed E-state index contributed by atoms with van der Waals surface area (Å²) in [6.45, 7) is 2.96. The second-order valence-corrected chi connectivity index (χ2v) is 3.41. The van der Waals surface area contributed by atoms with Crippen molar-refractivity contribution in [2.45, 2.75) is 26.1 Å². The zero-order valence-electron chi connectivity index (χ0n) is 9.54. The Morgan fingerprint density at radius 3 is 2.47 bits per heavy atom. The fourth-order valence-electron chi connectivity index (χ4n) is 1.23. The van der Waals surface area contributed by atoms with Crippen molar-refractivity contribution in [3.8, 4) is 0 Å². The van der Waals surface area contributed by atoms with Crippen LogP contribution in [0.5, 0.6) is 0 Å². The minimum atomic E-state index is -0.860. The Bertz CT molecular complexity index is 351. The lowest BCUT2D eigenvalue weighted by Gasteiger charge is -2.22. The normalized spacial score (nSPS) is 16.2. The number of hydrogen-bond donors (Lipinski definition) is 0. The number of nitrogens with zero attached hydrogens (tertiary/aromatic N) is 1. The summed E-state index contributed by atoms with van der Waals surface area (Å²) in [5.74, 6) is -1.03. The van der Waals surface area contributed by atoms with E-state index < -0.39 is 24.1 Å². The molecule has 0 bridgehead atoms. The molecule has 0 amide bonds. The average Bonchev–Trinajstić information content (AvgIpc) is 3.04. The van der Waals surface area contributed by atoms with E-state index in [4.69, 9.17) is 14.2 Å². The van der Waals surface area contributed by atoms with Gasteiger partial charge in [-0.2, -0.15) is 0 Å². The van der Waals surface area contributed by atoms with Gasteiger partial charge in [-0.25, -0.2) is 0 Å². The summed E-state index contributed by atoms with van der Waals surface area (Å²) in [6.07, 6.45) is -1.64. The van der Waals surface area contributed by atoms with E-state index >= 15 is 0 Å². The van der Waals surface area contributed by atoms with Gasteiger partial charge in [0.15, 0.2) is 12.2 Å². The largest absolute Gasteiger partial charge is 0.462 e. The Morgan fingerprint density at radius 2 is 2.06 bits per heavy atom. The molecule has 0 spiro atoms. The lowest BCUT2D eigenvalue weighted by Crippen LogP contribution is -2.40. The molecule has 1 rings (SSSR count). The highest BCUT2D eigenvalue weighted by Gasteiger charge is 2.35. The number of carbonyl (C=O) groups excluding carboxylic acids is 3. The van der Waals surface area contributed by atoms with Gasteiger partial charge >= 0.3 is 11.9 Å². The number of esters is 2. The predicted octanol–water partition coefficient (Wildman–Crippen LogP) is -0.523. The summed E-state index contributed by atoms with van der Waals surface area (Å²) in [5.41, 5.74) is 0.610. The molecule has 0 radical (unpaired) electrons. The van der Waals surface area contributed by atoms with Crippen LogP contribution < -0.4 is 0 Å². The molecule has 17 heavy (non-hydrogen) atoms. The molecule has 7 nitrogen and oxygen atoms in total. The molecule has 2 atom stereocenters. The molecule has 0 aliphatic carbocycles. The highest BCUT2D eigenvalue weighted by molar-refractivity contribution is 6.01. The number of aliphatic imine (C=N–C) groups is 1. The summed E-state index contributed by atoms with van der Waals surface area (Å²) in [6, 6.07) is 0. The first-order valence-electron chi connectivity index (χ1n) is 4.97. The quantitative estimate of drug-likeness (QED) is 0.339. The molecular weight excluding hydrogens is 230 g/mol. The number of rotatable bonds is 7. The maximum atomic E-state index is 10.9. The van der Waals surface area contributed by atoms with Crippen LogP contribution in [-0.2, 0) is 28.6 Å². The molecule has 0 saturated carbocycles. The minimum Gasteiger partial charge on any atom is -0.462 e. The molecule has 0 aromatic rings. The van der Waals surface area contributed by atoms with Gasteiger partial charge in [0, 0.05) is 13.8 Å². The molecule has 1 aliphatic rings. The monoisotopic (exact) mass is 243 g/mol. The number of carbonyl (C=O) groups is 3. The van der Waals surface area contributed by atoms with E-state index in [0.29, 0.717) is 12.3 Å². The summed E-state index contributed by atoms with van der Waals surface area (Å²) >= 11 is 0. The van der Waals surface area contributed by atoms with Crippen molar-refractivity contribution in [1.82, 2.24) is 0 Å². The van der Waals surface area contributed by atoms with Gasteiger partial charge in [0.25, 0.3) is 6.47 Å². The van der Waals surface area contributed by atoms with Gasteiger partial charge in [0.2, 0.25) is 0 Å². The van der Waals surface area contributed by atoms with Crippen LogP contribution in [-0.4, -0.2) is 49.5 Å². The van der Waals surface area contributed by atoms with Crippen LogP contribution in [0.2, 0.25) is 0 Å². The highest BCUT2D eigenvalue weighted by Crippen LogP contribution is 2.14. The molecule has 0 fully saturated rings. The van der Waals surface area contributed by atoms with Gasteiger partial charge in [-0.1, -0.05) is 0 Å². The van der Waals surface area contributed by atoms with Gasteiger partial charge in [0.05, 0.1) is 12.3 Å². The lowest BCUT2D eigenvalue weighted by molar-refractivity contribution is -0.161. The van der Waals surface area contributed by atoms with Crippen molar-refractivity contribution in [2.24, 2.45) is 4.99 Å². The molecule has 0 unspecified atom stereocenters. The molecule has 0 aromatic carbocycles. The van der Waals surface area contributed by atoms with Crippen LogP contribution in [0, 0.1) is 0 Å². The standard InChI is InChI=1S/C10H13NO6/c1-6(13)15-4-9(16-5-12)10(8-3-11-8)17-7(2)14/h5,9-10H,3-4H2,1-2H3/t9-,10+/m1/s1. The number of ether oxygens (including phenoxy) is 3. The van der Waals surface area contributed by atoms with Crippen LogP contribution in [0.1, 0.15) is 13.8 Å². The first kappa shape index (κ1) is 13.1. The Morgan fingerprint density at radius 1 is 1.41 bits per heavy atom. The predicted molar refractivity (Wildman–Crippen MR) is 55.4 cm³/mol. The van der Waals surface area contributed by atoms with Crippen LogP contribution in [0.15, 0.2) is 4.99 Å². The molecule has 1 heterocycles. The third kappa shape index (κ3) is 4.62. The average molecular weight is 243 g/mol. The third-order valence-electron chi connectivity index (χ3n) is 1.98. The Kier molecular flexibility index (Phi) is 4.62. The van der Waals surface area contributed by atoms with Crippen molar-refractivity contribution >= 4 is 24.1 Å². The van der Waals surface area contributed by atoms with E-state index in [1.807, 2.05) is 0 Å². The van der Waals surface area contributed by atoms with Crippen molar-refractivity contribution in [2.75, 3.05) is 13.2 Å². The Labute approximate surface area is 97.7 Å². The van der Waals surface area contributed by atoms with E-state index in [1.165, 1.54) is 13.8 Å². The minimum absolute atomic E-state index is 0.176. The van der Waals surface area contributed by atoms with E-state index in [0.717, 1.165) is 0 Å².